The van der Waals surface area contributed by atoms with Crippen molar-refractivity contribution in [1.82, 2.24) is 14.3 Å². The molecule has 0 fully saturated rings. The van der Waals surface area contributed by atoms with Crippen LogP contribution in [0.5, 0.6) is 10.9 Å². The smallest absolute Gasteiger partial charge is 0.298 e. The Morgan fingerprint density at radius 1 is 1.16 bits per heavy atom. The zero-order valence-corrected chi connectivity index (χ0v) is 20.8. The average molecular weight is 477 g/mol. The molecule has 8 heteroatoms. The van der Waals surface area contributed by atoms with Crippen molar-refractivity contribution in [2.75, 3.05) is 7.05 Å². The quantitative estimate of drug-likeness (QED) is 0.265. The summed E-state index contributed by atoms with van der Waals surface area (Å²) >= 11 is 13.7. The van der Waals surface area contributed by atoms with Crippen LogP contribution in [0.25, 0.3) is 0 Å². The lowest BCUT2D eigenvalue weighted by molar-refractivity contribution is 0.429. The molecule has 0 bridgehead atoms. The number of aromatic nitrogens is 2. The van der Waals surface area contributed by atoms with Crippen LogP contribution >= 0.6 is 34.7 Å². The van der Waals surface area contributed by atoms with Gasteiger partial charge < -0.3 is 9.64 Å². The molecule has 0 unspecified atom stereocenters. The van der Waals surface area contributed by atoms with Crippen LogP contribution in [0.2, 0.25) is 10.0 Å². The Labute approximate surface area is 197 Å². The topological polar surface area (TPSA) is 50.6 Å². The predicted octanol–water partition coefficient (Wildman–Crippen LogP) is 7.27. The normalized spacial score (nSPS) is 12.0. The van der Waals surface area contributed by atoms with Crippen molar-refractivity contribution in [2.24, 2.45) is 4.99 Å². The van der Waals surface area contributed by atoms with E-state index in [1.165, 1.54) is 11.5 Å². The van der Waals surface area contributed by atoms with Gasteiger partial charge in [-0.25, -0.2) is 4.99 Å². The van der Waals surface area contributed by atoms with Crippen molar-refractivity contribution < 1.29 is 4.74 Å². The summed E-state index contributed by atoms with van der Waals surface area (Å²) in [6.45, 7) is 10.3. The first-order chi connectivity index (χ1) is 14.6. The fourth-order valence-electron chi connectivity index (χ4n) is 2.74. The van der Waals surface area contributed by atoms with Gasteiger partial charge in [0.15, 0.2) is 5.82 Å². The van der Waals surface area contributed by atoms with Crippen LogP contribution in [0.3, 0.4) is 0 Å². The first kappa shape index (κ1) is 23.5. The number of rotatable bonds is 7. The van der Waals surface area contributed by atoms with Crippen molar-refractivity contribution >= 4 is 46.8 Å². The van der Waals surface area contributed by atoms with E-state index in [0.29, 0.717) is 32.9 Å². The largest absolute Gasteiger partial charge is 0.428 e. The number of benzene rings is 2. The molecule has 3 rings (SSSR count). The summed E-state index contributed by atoms with van der Waals surface area (Å²) in [4.78, 5) is 11.2. The van der Waals surface area contributed by atoms with Crippen molar-refractivity contribution in [3.8, 4) is 10.9 Å². The van der Waals surface area contributed by atoms with Gasteiger partial charge in [0.05, 0.1) is 22.5 Å². The molecule has 31 heavy (non-hydrogen) atoms. The molecule has 0 aliphatic heterocycles. The minimum absolute atomic E-state index is 0.367. The van der Waals surface area contributed by atoms with Gasteiger partial charge in [-0.05, 0) is 70.0 Å². The minimum Gasteiger partial charge on any atom is -0.428 e. The molecular weight excluding hydrogens is 451 g/mol. The van der Waals surface area contributed by atoms with Crippen LogP contribution < -0.4 is 4.74 Å². The van der Waals surface area contributed by atoms with Crippen LogP contribution in [-0.4, -0.2) is 33.7 Å². The highest BCUT2D eigenvalue weighted by atomic mass is 35.5. The average Bonchev–Trinajstić information content (AvgIpc) is 3.19. The van der Waals surface area contributed by atoms with Gasteiger partial charge in [-0.15, -0.1) is 0 Å². The molecule has 164 valence electrons. The molecule has 5 nitrogen and oxygen atoms in total. The number of aliphatic imine (C=N–C) groups is 1. The van der Waals surface area contributed by atoms with Gasteiger partial charge in [0.25, 0.3) is 5.19 Å². The second-order valence-corrected chi connectivity index (χ2v) is 9.75. The van der Waals surface area contributed by atoms with E-state index in [9.17, 15) is 0 Å². The molecule has 0 saturated carbocycles. The molecule has 0 atom stereocenters. The Balaban J connectivity index is 1.80. The zero-order chi connectivity index (χ0) is 22.8. The number of hydrogen-bond acceptors (Lipinski definition) is 5. The summed E-state index contributed by atoms with van der Waals surface area (Å²) in [6, 6.07) is 11.7. The molecule has 1 aromatic heterocycles. The Kier molecular flexibility index (Phi) is 7.24. The Morgan fingerprint density at radius 3 is 2.48 bits per heavy atom. The van der Waals surface area contributed by atoms with Crippen molar-refractivity contribution in [3.63, 3.8) is 0 Å². The number of ether oxygens (including phenoxy) is 1. The molecule has 0 amide bonds. The van der Waals surface area contributed by atoms with Gasteiger partial charge in [-0.2, -0.15) is 9.36 Å². The predicted molar refractivity (Wildman–Crippen MR) is 131 cm³/mol. The molecule has 0 aliphatic carbocycles. The monoisotopic (exact) mass is 476 g/mol. The number of hydrogen-bond donors (Lipinski definition) is 0. The van der Waals surface area contributed by atoms with Gasteiger partial charge in [0, 0.05) is 29.6 Å². The van der Waals surface area contributed by atoms with Gasteiger partial charge in [0.1, 0.15) is 5.75 Å². The molecule has 0 spiro atoms. The van der Waals surface area contributed by atoms with Crippen LogP contribution in [0.15, 0.2) is 41.4 Å². The molecule has 2 aromatic carbocycles. The Hall–Kier alpha value is -2.15. The highest BCUT2D eigenvalue weighted by Gasteiger charge is 2.28. The zero-order valence-electron chi connectivity index (χ0n) is 18.5. The van der Waals surface area contributed by atoms with Crippen LogP contribution in [-0.2, 0) is 5.41 Å². The molecular formula is C23H26Cl2N4OS. The Bertz CT molecular complexity index is 1080. The first-order valence-corrected chi connectivity index (χ1v) is 11.4. The molecule has 0 radical (unpaired) electrons. The Morgan fingerprint density at radius 2 is 1.84 bits per heavy atom. The van der Waals surface area contributed by atoms with Crippen molar-refractivity contribution in [2.45, 2.75) is 46.1 Å². The molecule has 1 heterocycles. The highest BCUT2D eigenvalue weighted by Crippen LogP contribution is 2.37. The summed E-state index contributed by atoms with van der Waals surface area (Å²) in [5, 5.41) is 1.61. The van der Waals surface area contributed by atoms with Crippen molar-refractivity contribution in [1.29, 1.82) is 0 Å². The van der Waals surface area contributed by atoms with E-state index in [1.807, 2.05) is 49.2 Å². The van der Waals surface area contributed by atoms with E-state index < -0.39 is 0 Å². The van der Waals surface area contributed by atoms with Crippen LogP contribution in [0, 0.1) is 6.92 Å². The highest BCUT2D eigenvalue weighted by molar-refractivity contribution is 7.07. The van der Waals surface area contributed by atoms with Crippen molar-refractivity contribution in [3.05, 3.63) is 63.4 Å². The third kappa shape index (κ3) is 5.56. The second kappa shape index (κ2) is 9.55. The maximum absolute atomic E-state index is 6.47. The molecule has 0 aliphatic rings. The van der Waals surface area contributed by atoms with Gasteiger partial charge in [0.2, 0.25) is 0 Å². The maximum Gasteiger partial charge on any atom is 0.298 e. The van der Waals surface area contributed by atoms with E-state index in [0.717, 1.165) is 16.8 Å². The summed E-state index contributed by atoms with van der Waals surface area (Å²) in [6.07, 6.45) is 1.81. The van der Waals surface area contributed by atoms with Gasteiger partial charge >= 0.3 is 0 Å². The van der Waals surface area contributed by atoms with E-state index in [-0.39, 0.29) is 5.41 Å². The lowest BCUT2D eigenvalue weighted by atomic mass is 9.84. The van der Waals surface area contributed by atoms with E-state index >= 15 is 0 Å². The third-order valence-electron chi connectivity index (χ3n) is 5.17. The second-order valence-electron chi connectivity index (χ2n) is 8.19. The van der Waals surface area contributed by atoms with Gasteiger partial charge in [-0.1, -0.05) is 35.3 Å². The third-order valence-corrected chi connectivity index (χ3v) is 6.32. The number of halogens is 2. The lowest BCUT2D eigenvalue weighted by Crippen LogP contribution is -2.24. The maximum atomic E-state index is 6.47. The van der Waals surface area contributed by atoms with Gasteiger partial charge in [-0.3, -0.25) is 0 Å². The lowest BCUT2D eigenvalue weighted by Gasteiger charge is -2.21. The van der Waals surface area contributed by atoms with E-state index in [4.69, 9.17) is 27.9 Å². The summed E-state index contributed by atoms with van der Waals surface area (Å²) in [5.41, 5.74) is 2.44. The summed E-state index contributed by atoms with van der Waals surface area (Å²) in [7, 11) is 1.99. The SMILES string of the molecule is Cc1cc(Oc2nc(C(C)(C)c3ccc(Cl)cc3)ns2)c(Cl)cc1N=CN(C)C(C)C. The first-order valence-electron chi connectivity index (χ1n) is 9.92. The summed E-state index contributed by atoms with van der Waals surface area (Å²) < 4.78 is 10.5. The number of aryl methyl sites for hydroxylation is 1. The molecule has 0 saturated heterocycles. The van der Waals surface area contributed by atoms with Crippen LogP contribution in [0.4, 0.5) is 5.69 Å². The number of nitrogens with zero attached hydrogens (tertiary/aromatic N) is 4. The van der Waals surface area contributed by atoms with Crippen LogP contribution in [0.1, 0.15) is 44.6 Å². The van der Waals surface area contributed by atoms with E-state index in [2.05, 4.69) is 42.0 Å². The fourth-order valence-corrected chi connectivity index (χ4v) is 3.75. The van der Waals surface area contributed by atoms with E-state index in [1.54, 1.807) is 12.4 Å². The summed E-state index contributed by atoms with van der Waals surface area (Å²) in [5.74, 6) is 1.21. The molecule has 3 aromatic rings. The standard InChI is InChI=1S/C23H26Cl2N4OS/c1-14(2)29(6)13-26-19-12-18(25)20(11-15(19)3)30-22-27-21(28-31-22)23(4,5)16-7-9-17(24)10-8-16/h7-14H,1-6H3. The minimum atomic E-state index is -0.385. The fraction of sp³-hybridized carbons (Fsp3) is 0.348. The molecule has 0 N–H and O–H groups in total.